The third kappa shape index (κ3) is 30.1. The van der Waals surface area contributed by atoms with Crippen LogP contribution in [-0.2, 0) is 38.7 Å². The van der Waals surface area contributed by atoms with Gasteiger partial charge in [0.05, 0.1) is 6.61 Å². The van der Waals surface area contributed by atoms with E-state index in [1.165, 1.54) is 109 Å². The number of rotatable bonds is 38. The molecule has 0 aromatic carbocycles. The summed E-state index contributed by atoms with van der Waals surface area (Å²) in [7, 11) is -4.60. The lowest BCUT2D eigenvalue weighted by molar-refractivity contribution is -0.297. The zero-order valence-electron chi connectivity index (χ0n) is 35.7. The van der Waals surface area contributed by atoms with E-state index in [1.807, 2.05) is 0 Å². The molecule has 13 heteroatoms. The molecule has 0 amide bonds. The van der Waals surface area contributed by atoms with Crippen LogP contribution in [0.3, 0.4) is 0 Å². The largest absolute Gasteiger partial charge is 0.462 e. The van der Waals surface area contributed by atoms with Gasteiger partial charge in [-0.1, -0.05) is 161 Å². The lowest BCUT2D eigenvalue weighted by atomic mass is 10.00. The number of hydrogen-bond donors (Lipinski definition) is 4. The van der Waals surface area contributed by atoms with Crippen molar-refractivity contribution in [2.24, 2.45) is 0 Å². The van der Waals surface area contributed by atoms with Crippen LogP contribution in [0, 0.1) is 0 Å². The summed E-state index contributed by atoms with van der Waals surface area (Å²) >= 11 is 0. The molecule has 1 aliphatic rings. The van der Waals surface area contributed by atoms with Crippen molar-refractivity contribution < 1.29 is 56.8 Å². The van der Waals surface area contributed by atoms with Gasteiger partial charge in [0.1, 0.15) is 36.8 Å². The Bertz CT molecular complexity index is 1120. The SMILES string of the molecule is CCCCCCCC/C=C/CCCCCCCCCC(=O)O[C@H](COC(=O)CCCCCCCCCCCCCC)CO[C@H]1O[C@H](CS(=O)(=O)O)[C@@H](O)C(O)C1O. The molecule has 4 N–H and O–H groups in total. The number of aliphatic hydroxyl groups is 3. The average Bonchev–Trinajstić information content (AvgIpc) is 3.17. The Labute approximate surface area is 346 Å². The molecule has 1 fully saturated rings. The van der Waals surface area contributed by atoms with Gasteiger partial charge in [0, 0.05) is 12.8 Å². The number of hydrogen-bond acceptors (Lipinski definition) is 11. The molecule has 336 valence electrons. The Morgan fingerprint density at radius 2 is 1.00 bits per heavy atom. The molecule has 0 radical (unpaired) electrons. The molecule has 1 rings (SSSR count). The molecule has 0 spiro atoms. The summed E-state index contributed by atoms with van der Waals surface area (Å²) in [4.78, 5) is 25.4. The highest BCUT2D eigenvalue weighted by atomic mass is 32.2. The highest BCUT2D eigenvalue weighted by Crippen LogP contribution is 2.24. The van der Waals surface area contributed by atoms with Gasteiger partial charge in [-0.2, -0.15) is 8.42 Å². The van der Waals surface area contributed by atoms with E-state index in [0.717, 1.165) is 51.4 Å². The van der Waals surface area contributed by atoms with Crippen molar-refractivity contribution in [2.75, 3.05) is 19.0 Å². The van der Waals surface area contributed by atoms with Crippen LogP contribution in [0.2, 0.25) is 0 Å². The van der Waals surface area contributed by atoms with Crippen molar-refractivity contribution in [1.29, 1.82) is 0 Å². The number of aliphatic hydroxyl groups excluding tert-OH is 3. The fourth-order valence-electron chi connectivity index (χ4n) is 7.02. The van der Waals surface area contributed by atoms with Crippen molar-refractivity contribution in [3.8, 4) is 0 Å². The van der Waals surface area contributed by atoms with Crippen LogP contribution in [0.1, 0.15) is 200 Å². The van der Waals surface area contributed by atoms with Crippen LogP contribution in [0.4, 0.5) is 0 Å². The second kappa shape index (κ2) is 35.2. The fraction of sp³-hybridized carbons (Fsp3) is 0.909. The molecule has 2 unspecified atom stereocenters. The lowest BCUT2D eigenvalue weighted by Gasteiger charge is -2.40. The minimum Gasteiger partial charge on any atom is -0.462 e. The maximum absolute atomic E-state index is 12.8. The van der Waals surface area contributed by atoms with Crippen LogP contribution in [0.25, 0.3) is 0 Å². The summed E-state index contributed by atoms with van der Waals surface area (Å²) in [6.07, 6.45) is 26.8. The van der Waals surface area contributed by atoms with Gasteiger partial charge >= 0.3 is 11.9 Å². The Morgan fingerprint density at radius 3 is 1.46 bits per heavy atom. The number of unbranched alkanes of at least 4 members (excludes halogenated alkanes) is 24. The monoisotopic (exact) mass is 835 g/mol. The van der Waals surface area contributed by atoms with Crippen molar-refractivity contribution in [1.82, 2.24) is 0 Å². The second-order valence-corrected chi connectivity index (χ2v) is 17.6. The Kier molecular flexibility index (Phi) is 33.0. The molecular formula is C44H82O12S. The molecule has 12 nitrogen and oxygen atoms in total. The summed E-state index contributed by atoms with van der Waals surface area (Å²) < 4.78 is 54.0. The molecule has 57 heavy (non-hydrogen) atoms. The Balaban J connectivity index is 2.44. The first-order valence-electron chi connectivity index (χ1n) is 22.7. The van der Waals surface area contributed by atoms with Gasteiger partial charge in [-0.3, -0.25) is 14.1 Å². The molecular weight excluding hydrogens is 753 g/mol. The van der Waals surface area contributed by atoms with Gasteiger partial charge in [0.25, 0.3) is 10.1 Å². The average molecular weight is 835 g/mol. The quantitative estimate of drug-likeness (QED) is 0.0200. The van der Waals surface area contributed by atoms with Crippen LogP contribution in [0.15, 0.2) is 12.2 Å². The first-order valence-corrected chi connectivity index (χ1v) is 24.4. The normalized spacial score (nSPS) is 20.6. The summed E-state index contributed by atoms with van der Waals surface area (Å²) in [6.45, 7) is 3.75. The highest BCUT2D eigenvalue weighted by molar-refractivity contribution is 7.85. The molecule has 0 aliphatic carbocycles. The van der Waals surface area contributed by atoms with E-state index in [4.69, 9.17) is 18.9 Å². The maximum atomic E-state index is 12.8. The van der Waals surface area contributed by atoms with Gasteiger partial charge in [-0.15, -0.1) is 0 Å². The van der Waals surface area contributed by atoms with Gasteiger partial charge in [-0.05, 0) is 38.5 Å². The Hall–Kier alpha value is -1.61. The number of ether oxygens (including phenoxy) is 4. The van der Waals surface area contributed by atoms with Gasteiger partial charge in [-0.25, -0.2) is 0 Å². The van der Waals surface area contributed by atoms with Crippen molar-refractivity contribution >= 4 is 22.1 Å². The molecule has 0 aromatic heterocycles. The fourth-order valence-corrected chi connectivity index (χ4v) is 7.72. The number of esters is 2. The van der Waals surface area contributed by atoms with E-state index in [0.29, 0.717) is 12.8 Å². The molecule has 0 bridgehead atoms. The van der Waals surface area contributed by atoms with Crippen molar-refractivity contribution in [3.63, 3.8) is 0 Å². The van der Waals surface area contributed by atoms with E-state index in [-0.39, 0.29) is 19.4 Å². The summed E-state index contributed by atoms with van der Waals surface area (Å²) in [5.74, 6) is -1.98. The standard InChI is InChI=1S/C44H82O12S/c1-3-5-7-9-11-13-15-17-18-19-20-21-23-25-27-29-31-33-40(46)55-37(35-54-44-43(49)42(48)41(47)38(56-44)36-57(50,51)52)34-53-39(45)32-30-28-26-24-22-16-14-12-10-8-6-4-2/h17-18,37-38,41-44,47-49H,3-16,19-36H2,1-2H3,(H,50,51,52)/b18-17+/t37-,38-,41-,42?,43?,44+/m1/s1. The minimum absolute atomic E-state index is 0.163. The van der Waals surface area contributed by atoms with Crippen LogP contribution in [-0.4, -0.2) is 96.0 Å². The molecule has 0 saturated carbocycles. The molecule has 0 aromatic rings. The van der Waals surface area contributed by atoms with Gasteiger partial charge in [0.2, 0.25) is 0 Å². The minimum atomic E-state index is -4.60. The number of allylic oxidation sites excluding steroid dienone is 2. The first-order chi connectivity index (χ1) is 27.5. The zero-order chi connectivity index (χ0) is 42.0. The number of carbonyl (C=O) groups is 2. The topological polar surface area (TPSA) is 186 Å². The van der Waals surface area contributed by atoms with E-state index < -0.39 is 71.2 Å². The summed E-state index contributed by atoms with van der Waals surface area (Å²) in [5.41, 5.74) is 0. The zero-order valence-corrected chi connectivity index (χ0v) is 36.5. The van der Waals surface area contributed by atoms with E-state index in [2.05, 4.69) is 26.0 Å². The van der Waals surface area contributed by atoms with Crippen molar-refractivity contribution in [2.45, 2.75) is 237 Å². The third-order valence-electron chi connectivity index (χ3n) is 10.6. The van der Waals surface area contributed by atoms with Gasteiger partial charge < -0.3 is 34.3 Å². The summed E-state index contributed by atoms with van der Waals surface area (Å²) in [6, 6.07) is 0. The molecule has 1 saturated heterocycles. The predicted molar refractivity (Wildman–Crippen MR) is 224 cm³/mol. The van der Waals surface area contributed by atoms with E-state index >= 15 is 0 Å². The second-order valence-electron chi connectivity index (χ2n) is 16.1. The van der Waals surface area contributed by atoms with Crippen LogP contribution in [0.5, 0.6) is 0 Å². The third-order valence-corrected chi connectivity index (χ3v) is 11.3. The smallest absolute Gasteiger partial charge is 0.306 e. The molecule has 1 aliphatic heterocycles. The first kappa shape index (κ1) is 53.4. The van der Waals surface area contributed by atoms with E-state index in [9.17, 15) is 37.9 Å². The predicted octanol–water partition coefficient (Wildman–Crippen LogP) is 9.06. The van der Waals surface area contributed by atoms with Crippen LogP contribution < -0.4 is 0 Å². The summed E-state index contributed by atoms with van der Waals surface area (Å²) in [5, 5.41) is 30.9. The maximum Gasteiger partial charge on any atom is 0.306 e. The number of carbonyl (C=O) groups excluding carboxylic acids is 2. The van der Waals surface area contributed by atoms with Crippen LogP contribution >= 0.6 is 0 Å². The molecule has 1 heterocycles. The Morgan fingerprint density at radius 1 is 0.579 bits per heavy atom. The molecule has 6 atom stereocenters. The van der Waals surface area contributed by atoms with Gasteiger partial charge in [0.15, 0.2) is 12.4 Å². The van der Waals surface area contributed by atoms with E-state index in [1.54, 1.807) is 0 Å². The highest BCUT2D eigenvalue weighted by Gasteiger charge is 2.46. The lowest BCUT2D eigenvalue weighted by Crippen LogP contribution is -2.60. The van der Waals surface area contributed by atoms with Crippen molar-refractivity contribution in [3.05, 3.63) is 12.2 Å².